The van der Waals surface area contributed by atoms with Gasteiger partial charge >= 0.3 is 0 Å². The predicted molar refractivity (Wildman–Crippen MR) is 85.6 cm³/mol. The Hall–Kier alpha value is -0.510. The normalized spacial score (nSPS) is 16.8. The maximum absolute atomic E-state index is 3.58. The minimum atomic E-state index is 0.628. The second-order valence-corrected chi connectivity index (χ2v) is 6.61. The number of rotatable bonds is 8. The van der Waals surface area contributed by atoms with Crippen LogP contribution in [0, 0.1) is 0 Å². The Morgan fingerprint density at radius 1 is 1.37 bits per heavy atom. The Kier molecular flexibility index (Phi) is 5.74. The molecule has 0 spiro atoms. The third-order valence-electron chi connectivity index (χ3n) is 3.76. The minimum Gasteiger partial charge on any atom is -0.310 e. The molecule has 1 fully saturated rings. The fraction of sp³-hybridized carbons (Fsp3) is 0.625. The van der Waals surface area contributed by atoms with Crippen LogP contribution in [-0.2, 0) is 13.1 Å². The first-order valence-electron chi connectivity index (χ1n) is 7.19. The summed E-state index contributed by atoms with van der Waals surface area (Å²) in [6, 6.07) is 10.4. The fourth-order valence-electron chi connectivity index (χ4n) is 2.20. The molecule has 3 heteroatoms. The van der Waals surface area contributed by atoms with Crippen LogP contribution in [0.15, 0.2) is 24.3 Å². The van der Waals surface area contributed by atoms with Gasteiger partial charge in [-0.1, -0.05) is 24.3 Å². The highest BCUT2D eigenvalue weighted by atomic mass is 32.2. The summed E-state index contributed by atoms with van der Waals surface area (Å²) in [4.78, 5) is 2.43. The molecule has 0 aromatic heterocycles. The summed E-state index contributed by atoms with van der Waals surface area (Å²) in [5.41, 5.74) is 2.83. The van der Waals surface area contributed by atoms with Gasteiger partial charge in [-0.15, -0.1) is 0 Å². The summed E-state index contributed by atoms with van der Waals surface area (Å²) in [7, 11) is 2.22. The molecular weight excluding hydrogens is 252 g/mol. The van der Waals surface area contributed by atoms with Crippen molar-refractivity contribution in [1.29, 1.82) is 0 Å². The van der Waals surface area contributed by atoms with Crippen molar-refractivity contribution in [2.45, 2.75) is 44.9 Å². The minimum absolute atomic E-state index is 0.628. The summed E-state index contributed by atoms with van der Waals surface area (Å²) in [6.45, 7) is 4.36. The van der Waals surface area contributed by atoms with Gasteiger partial charge in [0.2, 0.25) is 0 Å². The number of nitrogens with zero attached hydrogens (tertiary/aromatic N) is 1. The highest BCUT2D eigenvalue weighted by molar-refractivity contribution is 7.98. The van der Waals surface area contributed by atoms with E-state index in [0.29, 0.717) is 6.04 Å². The maximum Gasteiger partial charge on any atom is 0.0233 e. The van der Waals surface area contributed by atoms with Crippen molar-refractivity contribution in [3.05, 3.63) is 35.4 Å². The average molecular weight is 278 g/mol. The lowest BCUT2D eigenvalue weighted by Crippen LogP contribution is -2.30. The van der Waals surface area contributed by atoms with E-state index >= 15 is 0 Å². The zero-order valence-electron chi connectivity index (χ0n) is 12.4. The largest absolute Gasteiger partial charge is 0.310 e. The van der Waals surface area contributed by atoms with Crippen LogP contribution in [0.25, 0.3) is 0 Å². The number of thioether (sulfide) groups is 1. The van der Waals surface area contributed by atoms with Gasteiger partial charge in [-0.2, -0.15) is 11.8 Å². The standard InChI is InChI=1S/C16H26N2S/c1-13(12-19-3)18(2)11-15-6-4-5-14(9-15)10-17-16-7-8-16/h4-6,9,13,16-17H,7-8,10-12H2,1-3H3. The van der Waals surface area contributed by atoms with Gasteiger partial charge < -0.3 is 5.32 Å². The third kappa shape index (κ3) is 5.17. The first-order chi connectivity index (χ1) is 9.19. The molecule has 1 aromatic carbocycles. The summed E-state index contributed by atoms with van der Waals surface area (Å²) in [5.74, 6) is 1.19. The fourth-order valence-corrected chi connectivity index (χ4v) is 2.94. The second kappa shape index (κ2) is 7.32. The van der Waals surface area contributed by atoms with E-state index in [-0.39, 0.29) is 0 Å². The van der Waals surface area contributed by atoms with Gasteiger partial charge in [-0.05, 0) is 44.2 Å². The molecule has 0 aliphatic heterocycles. The molecule has 0 bridgehead atoms. The highest BCUT2D eigenvalue weighted by Gasteiger charge is 2.19. The Bertz CT molecular complexity index is 390. The van der Waals surface area contributed by atoms with E-state index < -0.39 is 0 Å². The highest BCUT2D eigenvalue weighted by Crippen LogP contribution is 2.19. The van der Waals surface area contributed by atoms with E-state index in [2.05, 4.69) is 54.7 Å². The van der Waals surface area contributed by atoms with Gasteiger partial charge in [0.05, 0.1) is 0 Å². The number of hydrogen-bond acceptors (Lipinski definition) is 3. The summed E-state index contributed by atoms with van der Waals surface area (Å²) in [5, 5.41) is 3.58. The van der Waals surface area contributed by atoms with E-state index in [1.54, 1.807) is 0 Å². The summed E-state index contributed by atoms with van der Waals surface area (Å²) in [6.07, 6.45) is 4.89. The van der Waals surface area contributed by atoms with Crippen LogP contribution in [0.1, 0.15) is 30.9 Å². The van der Waals surface area contributed by atoms with E-state index in [1.165, 1.54) is 29.7 Å². The molecule has 1 aromatic rings. The number of hydrogen-bond donors (Lipinski definition) is 1. The van der Waals surface area contributed by atoms with Crippen molar-refractivity contribution < 1.29 is 0 Å². The lowest BCUT2D eigenvalue weighted by atomic mass is 10.1. The lowest BCUT2D eigenvalue weighted by molar-refractivity contribution is 0.269. The zero-order chi connectivity index (χ0) is 13.7. The molecule has 0 heterocycles. The smallest absolute Gasteiger partial charge is 0.0233 e. The van der Waals surface area contributed by atoms with Crippen LogP contribution in [0.5, 0.6) is 0 Å². The SMILES string of the molecule is CSCC(C)N(C)Cc1cccc(CNC2CC2)c1. The molecule has 1 aliphatic rings. The van der Waals surface area contributed by atoms with Gasteiger partial charge in [-0.25, -0.2) is 0 Å². The van der Waals surface area contributed by atoms with Crippen molar-refractivity contribution in [3.63, 3.8) is 0 Å². The average Bonchev–Trinajstić information content (AvgIpc) is 3.21. The molecule has 0 radical (unpaired) electrons. The molecule has 1 unspecified atom stereocenters. The Labute approximate surface area is 122 Å². The molecule has 106 valence electrons. The topological polar surface area (TPSA) is 15.3 Å². The Balaban J connectivity index is 1.86. The van der Waals surface area contributed by atoms with E-state index in [0.717, 1.165) is 19.1 Å². The van der Waals surface area contributed by atoms with Gasteiger partial charge in [0.15, 0.2) is 0 Å². The number of benzene rings is 1. The molecule has 1 atom stereocenters. The third-order valence-corrected chi connectivity index (χ3v) is 4.57. The van der Waals surface area contributed by atoms with Crippen LogP contribution >= 0.6 is 11.8 Å². The molecule has 2 rings (SSSR count). The van der Waals surface area contributed by atoms with E-state index in [1.807, 2.05) is 11.8 Å². The van der Waals surface area contributed by atoms with Crippen LogP contribution < -0.4 is 5.32 Å². The molecule has 1 N–H and O–H groups in total. The van der Waals surface area contributed by atoms with Crippen LogP contribution in [-0.4, -0.2) is 36.0 Å². The first kappa shape index (κ1) is 14.9. The van der Waals surface area contributed by atoms with Crippen LogP contribution in [0.3, 0.4) is 0 Å². The van der Waals surface area contributed by atoms with Gasteiger partial charge in [0.25, 0.3) is 0 Å². The molecule has 0 saturated heterocycles. The molecule has 1 aliphatic carbocycles. The van der Waals surface area contributed by atoms with Crippen molar-refractivity contribution in [2.24, 2.45) is 0 Å². The van der Waals surface area contributed by atoms with Crippen molar-refractivity contribution in [3.8, 4) is 0 Å². The Morgan fingerprint density at radius 3 is 2.79 bits per heavy atom. The van der Waals surface area contributed by atoms with Crippen LogP contribution in [0.4, 0.5) is 0 Å². The van der Waals surface area contributed by atoms with E-state index in [4.69, 9.17) is 0 Å². The van der Waals surface area contributed by atoms with E-state index in [9.17, 15) is 0 Å². The van der Waals surface area contributed by atoms with Crippen molar-refractivity contribution in [2.75, 3.05) is 19.1 Å². The van der Waals surface area contributed by atoms with Gasteiger partial charge in [-0.3, -0.25) is 4.90 Å². The first-order valence-corrected chi connectivity index (χ1v) is 8.59. The predicted octanol–water partition coefficient (Wildman–Crippen LogP) is 3.12. The zero-order valence-corrected chi connectivity index (χ0v) is 13.2. The van der Waals surface area contributed by atoms with Crippen LogP contribution in [0.2, 0.25) is 0 Å². The second-order valence-electron chi connectivity index (χ2n) is 5.69. The van der Waals surface area contributed by atoms with Gasteiger partial charge in [0.1, 0.15) is 0 Å². The Morgan fingerprint density at radius 2 is 2.11 bits per heavy atom. The van der Waals surface area contributed by atoms with Crippen molar-refractivity contribution in [1.82, 2.24) is 10.2 Å². The summed E-state index contributed by atoms with van der Waals surface area (Å²) < 4.78 is 0. The molecule has 2 nitrogen and oxygen atoms in total. The quantitative estimate of drug-likeness (QED) is 0.786. The molecule has 1 saturated carbocycles. The maximum atomic E-state index is 3.58. The number of nitrogens with one attached hydrogen (secondary N) is 1. The summed E-state index contributed by atoms with van der Waals surface area (Å²) >= 11 is 1.92. The van der Waals surface area contributed by atoms with Gasteiger partial charge in [0, 0.05) is 30.9 Å². The monoisotopic (exact) mass is 278 g/mol. The van der Waals surface area contributed by atoms with Crippen molar-refractivity contribution >= 4 is 11.8 Å². The molecular formula is C16H26N2S. The molecule has 19 heavy (non-hydrogen) atoms. The molecule has 0 amide bonds. The lowest BCUT2D eigenvalue weighted by Gasteiger charge is -2.24.